The van der Waals surface area contributed by atoms with Crippen LogP contribution in [0.5, 0.6) is 0 Å². The molecule has 3 heterocycles. The Balaban J connectivity index is 1.34. The van der Waals surface area contributed by atoms with E-state index in [4.69, 9.17) is 8.83 Å². The second-order valence-electron chi connectivity index (χ2n) is 7.06. The molecular weight excluding hydrogens is 356 g/mol. The molecule has 1 saturated heterocycles. The molecule has 0 aliphatic carbocycles. The van der Waals surface area contributed by atoms with Crippen LogP contribution in [0.25, 0.3) is 22.1 Å². The molecule has 1 aliphatic rings. The predicted octanol–water partition coefficient (Wildman–Crippen LogP) is 3.95. The molecule has 4 aromatic rings. The van der Waals surface area contributed by atoms with Crippen molar-refractivity contribution in [2.24, 2.45) is 0 Å². The third-order valence-electron chi connectivity index (χ3n) is 5.29. The monoisotopic (exact) mass is 374 g/mol. The van der Waals surface area contributed by atoms with Gasteiger partial charge < -0.3 is 13.7 Å². The highest BCUT2D eigenvalue weighted by Gasteiger charge is 2.28. The summed E-state index contributed by atoms with van der Waals surface area (Å²) in [6.07, 6.45) is 1.52. The Morgan fingerprint density at radius 3 is 2.46 bits per heavy atom. The Morgan fingerprint density at radius 2 is 1.68 bits per heavy atom. The van der Waals surface area contributed by atoms with E-state index in [1.54, 1.807) is 29.2 Å². The number of fused-ring (bicyclic) bond motifs is 2. The summed E-state index contributed by atoms with van der Waals surface area (Å²) in [5, 5.41) is 0.480. The molecule has 140 valence electrons. The van der Waals surface area contributed by atoms with Gasteiger partial charge in [-0.3, -0.25) is 9.59 Å². The highest BCUT2D eigenvalue weighted by molar-refractivity contribution is 5.93. The molecule has 6 heteroatoms. The number of hydrogen-bond acceptors (Lipinski definition) is 5. The lowest BCUT2D eigenvalue weighted by molar-refractivity contribution is 0.0675. The number of para-hydroxylation sites is 3. The van der Waals surface area contributed by atoms with Crippen molar-refractivity contribution in [2.45, 2.75) is 18.8 Å². The average Bonchev–Trinajstić information content (AvgIpc) is 3.18. The van der Waals surface area contributed by atoms with Crippen LogP contribution in [-0.2, 0) is 0 Å². The Labute approximate surface area is 160 Å². The van der Waals surface area contributed by atoms with Gasteiger partial charge in [-0.2, -0.15) is 0 Å². The normalized spacial score (nSPS) is 15.4. The molecular formula is C22H18N2O4. The quantitative estimate of drug-likeness (QED) is 0.531. The maximum atomic E-state index is 12.8. The van der Waals surface area contributed by atoms with Gasteiger partial charge in [0.15, 0.2) is 22.7 Å². The van der Waals surface area contributed by atoms with Gasteiger partial charge in [-0.05, 0) is 37.1 Å². The van der Waals surface area contributed by atoms with E-state index in [1.165, 1.54) is 6.07 Å². The number of rotatable bonds is 2. The fourth-order valence-electron chi connectivity index (χ4n) is 3.76. The predicted molar refractivity (Wildman–Crippen MR) is 104 cm³/mol. The van der Waals surface area contributed by atoms with E-state index in [0.29, 0.717) is 24.1 Å². The summed E-state index contributed by atoms with van der Waals surface area (Å²) in [7, 11) is 0. The molecule has 28 heavy (non-hydrogen) atoms. The van der Waals surface area contributed by atoms with Crippen LogP contribution < -0.4 is 5.43 Å². The molecule has 2 aromatic heterocycles. The van der Waals surface area contributed by atoms with E-state index in [9.17, 15) is 9.59 Å². The van der Waals surface area contributed by atoms with E-state index >= 15 is 0 Å². The molecule has 0 bridgehead atoms. The highest BCUT2D eigenvalue weighted by Crippen LogP contribution is 2.30. The molecule has 0 radical (unpaired) electrons. The summed E-state index contributed by atoms with van der Waals surface area (Å²) < 4.78 is 11.6. The minimum Gasteiger partial charge on any atom is -0.451 e. The number of nitrogens with zero attached hydrogens (tertiary/aromatic N) is 2. The summed E-state index contributed by atoms with van der Waals surface area (Å²) in [5.41, 5.74) is 1.87. The number of amides is 1. The topological polar surface area (TPSA) is 76.6 Å². The molecule has 0 unspecified atom stereocenters. The fraction of sp³-hybridized carbons (Fsp3) is 0.227. The number of likely N-dealkylation sites (tertiary alicyclic amines) is 1. The van der Waals surface area contributed by atoms with Gasteiger partial charge in [0.1, 0.15) is 11.1 Å². The van der Waals surface area contributed by atoms with E-state index in [2.05, 4.69) is 4.98 Å². The molecule has 2 aromatic carbocycles. The van der Waals surface area contributed by atoms with Crippen LogP contribution in [-0.4, -0.2) is 28.9 Å². The number of carbonyl (C=O) groups excluding carboxylic acids is 1. The lowest BCUT2D eigenvalue weighted by Gasteiger charge is -2.30. The smallest absolute Gasteiger partial charge is 0.289 e. The largest absolute Gasteiger partial charge is 0.451 e. The van der Waals surface area contributed by atoms with E-state index in [-0.39, 0.29) is 23.0 Å². The summed E-state index contributed by atoms with van der Waals surface area (Å²) in [4.78, 5) is 31.4. The maximum absolute atomic E-state index is 12.8. The van der Waals surface area contributed by atoms with E-state index in [1.807, 2.05) is 24.3 Å². The summed E-state index contributed by atoms with van der Waals surface area (Å²) in [6.45, 7) is 1.14. The molecule has 1 aliphatic heterocycles. The number of benzene rings is 2. The molecule has 0 saturated carbocycles. The van der Waals surface area contributed by atoms with Gasteiger partial charge in [0, 0.05) is 25.1 Å². The Hall–Kier alpha value is -3.41. The van der Waals surface area contributed by atoms with Gasteiger partial charge in [0.05, 0.1) is 5.39 Å². The Morgan fingerprint density at radius 1 is 0.964 bits per heavy atom. The fourth-order valence-corrected chi connectivity index (χ4v) is 3.76. The van der Waals surface area contributed by atoms with Crippen molar-refractivity contribution in [1.29, 1.82) is 0 Å². The van der Waals surface area contributed by atoms with Gasteiger partial charge in [0.2, 0.25) is 0 Å². The third kappa shape index (κ3) is 2.87. The second-order valence-corrected chi connectivity index (χ2v) is 7.06. The SMILES string of the molecule is O=C(c1cc(=O)c2ccccc2o1)N1CCC(c2nc3ccccc3o2)CC1. The first-order valence-electron chi connectivity index (χ1n) is 9.37. The van der Waals surface area contributed by atoms with Gasteiger partial charge in [-0.1, -0.05) is 24.3 Å². The van der Waals surface area contributed by atoms with Crippen LogP contribution in [0.15, 0.2) is 68.2 Å². The Bertz CT molecular complexity index is 1200. The van der Waals surface area contributed by atoms with Gasteiger partial charge in [-0.25, -0.2) is 4.98 Å². The second kappa shape index (κ2) is 6.64. The Kier molecular flexibility index (Phi) is 3.97. The van der Waals surface area contributed by atoms with Crippen LogP contribution >= 0.6 is 0 Å². The van der Waals surface area contributed by atoms with Gasteiger partial charge in [-0.15, -0.1) is 0 Å². The minimum absolute atomic E-state index is 0.0870. The molecule has 1 fully saturated rings. The van der Waals surface area contributed by atoms with E-state index in [0.717, 1.165) is 29.8 Å². The van der Waals surface area contributed by atoms with E-state index < -0.39 is 0 Å². The van der Waals surface area contributed by atoms with Crippen molar-refractivity contribution in [1.82, 2.24) is 9.88 Å². The standard InChI is InChI=1S/C22H18N2O4/c25-17-13-20(27-18-7-3-1-5-15(17)18)22(26)24-11-9-14(10-12-24)21-23-16-6-2-4-8-19(16)28-21/h1-8,13-14H,9-12H2. The van der Waals surface area contributed by atoms with Gasteiger partial charge >= 0.3 is 0 Å². The number of carbonyl (C=O) groups is 1. The zero-order chi connectivity index (χ0) is 19.1. The first kappa shape index (κ1) is 16.7. The molecule has 6 nitrogen and oxygen atoms in total. The zero-order valence-corrected chi connectivity index (χ0v) is 15.1. The molecule has 5 rings (SSSR count). The number of piperidine rings is 1. The molecule has 1 amide bonds. The van der Waals surface area contributed by atoms with Gasteiger partial charge in [0.25, 0.3) is 5.91 Å². The first-order chi connectivity index (χ1) is 13.7. The average molecular weight is 374 g/mol. The first-order valence-corrected chi connectivity index (χ1v) is 9.37. The lowest BCUT2D eigenvalue weighted by Crippen LogP contribution is -2.38. The van der Waals surface area contributed by atoms with Crippen molar-refractivity contribution >= 4 is 28.0 Å². The maximum Gasteiger partial charge on any atom is 0.289 e. The number of oxazole rings is 1. The third-order valence-corrected chi connectivity index (χ3v) is 5.29. The van der Waals surface area contributed by atoms with Crippen LogP contribution in [0.1, 0.15) is 35.2 Å². The van der Waals surface area contributed by atoms with Crippen LogP contribution in [0.4, 0.5) is 0 Å². The number of hydrogen-bond donors (Lipinski definition) is 0. The molecule has 0 atom stereocenters. The summed E-state index contributed by atoms with van der Waals surface area (Å²) in [5.74, 6) is 0.744. The van der Waals surface area contributed by atoms with Crippen molar-refractivity contribution in [3.05, 3.63) is 76.5 Å². The lowest BCUT2D eigenvalue weighted by atomic mass is 9.96. The summed E-state index contributed by atoms with van der Waals surface area (Å²) >= 11 is 0. The van der Waals surface area contributed by atoms with Crippen molar-refractivity contribution in [3.8, 4) is 0 Å². The van der Waals surface area contributed by atoms with Crippen molar-refractivity contribution in [2.75, 3.05) is 13.1 Å². The molecule has 0 N–H and O–H groups in total. The van der Waals surface area contributed by atoms with Crippen molar-refractivity contribution in [3.63, 3.8) is 0 Å². The zero-order valence-electron chi connectivity index (χ0n) is 15.1. The minimum atomic E-state index is -0.251. The van der Waals surface area contributed by atoms with Crippen molar-refractivity contribution < 1.29 is 13.6 Å². The number of aromatic nitrogens is 1. The molecule has 0 spiro atoms. The van der Waals surface area contributed by atoms with Crippen LogP contribution in [0.2, 0.25) is 0 Å². The summed E-state index contributed by atoms with van der Waals surface area (Å²) in [6, 6.07) is 16.0. The van der Waals surface area contributed by atoms with Crippen LogP contribution in [0, 0.1) is 0 Å². The van der Waals surface area contributed by atoms with Crippen LogP contribution in [0.3, 0.4) is 0 Å². The highest BCUT2D eigenvalue weighted by atomic mass is 16.4.